The second-order valence-corrected chi connectivity index (χ2v) is 5.85. The van der Waals surface area contributed by atoms with E-state index in [2.05, 4.69) is 4.90 Å². The molecule has 5 heteroatoms. The molecular formula is C19H22FNO3. The van der Waals surface area contributed by atoms with Crippen LogP contribution in [0.2, 0.25) is 0 Å². The highest BCUT2D eigenvalue weighted by Crippen LogP contribution is 2.31. The highest BCUT2D eigenvalue weighted by molar-refractivity contribution is 5.40. The lowest BCUT2D eigenvalue weighted by molar-refractivity contribution is 0.0473. The van der Waals surface area contributed by atoms with Gasteiger partial charge >= 0.3 is 0 Å². The summed E-state index contributed by atoms with van der Waals surface area (Å²) in [7, 11) is 1.69. The molecular weight excluding hydrogens is 309 g/mol. The Hall–Kier alpha value is -2.11. The lowest BCUT2D eigenvalue weighted by atomic mass is 10.2. The molecule has 0 bridgehead atoms. The van der Waals surface area contributed by atoms with Crippen LogP contribution in [0.15, 0.2) is 48.5 Å². The van der Waals surface area contributed by atoms with Crippen molar-refractivity contribution in [3.63, 3.8) is 0 Å². The van der Waals surface area contributed by atoms with Gasteiger partial charge in [-0.1, -0.05) is 24.3 Å². The fourth-order valence-electron chi connectivity index (χ4n) is 2.74. The maximum atomic E-state index is 13.1. The average molecular weight is 331 g/mol. The van der Waals surface area contributed by atoms with Gasteiger partial charge in [0.2, 0.25) is 0 Å². The van der Waals surface area contributed by atoms with Crippen molar-refractivity contribution in [2.45, 2.75) is 12.6 Å². The maximum Gasteiger partial charge on any atom is 0.161 e. The SMILES string of the molecule is COCCN(Cc1ccc(F)cc1)C[C@@H]1COc2ccccc2O1. The third kappa shape index (κ3) is 4.46. The van der Waals surface area contributed by atoms with Crippen molar-refractivity contribution in [3.05, 3.63) is 59.9 Å². The normalized spacial score (nSPS) is 16.4. The minimum atomic E-state index is -0.220. The molecule has 0 saturated heterocycles. The monoisotopic (exact) mass is 331 g/mol. The number of rotatable bonds is 7. The molecule has 128 valence electrons. The third-order valence-corrected chi connectivity index (χ3v) is 3.96. The summed E-state index contributed by atoms with van der Waals surface area (Å²) < 4.78 is 30.1. The van der Waals surface area contributed by atoms with Crippen molar-refractivity contribution in [3.8, 4) is 11.5 Å². The quantitative estimate of drug-likeness (QED) is 0.780. The van der Waals surface area contributed by atoms with Gasteiger partial charge in [0, 0.05) is 26.7 Å². The van der Waals surface area contributed by atoms with E-state index in [4.69, 9.17) is 14.2 Å². The Morgan fingerprint density at radius 1 is 1.12 bits per heavy atom. The Labute approximate surface area is 141 Å². The predicted molar refractivity (Wildman–Crippen MR) is 89.9 cm³/mol. The van der Waals surface area contributed by atoms with Crippen molar-refractivity contribution < 1.29 is 18.6 Å². The van der Waals surface area contributed by atoms with E-state index in [9.17, 15) is 4.39 Å². The Bertz CT molecular complexity index is 647. The molecule has 1 aliphatic rings. The topological polar surface area (TPSA) is 30.9 Å². The highest BCUT2D eigenvalue weighted by atomic mass is 19.1. The second-order valence-electron chi connectivity index (χ2n) is 5.85. The Kier molecular flexibility index (Phi) is 5.67. The van der Waals surface area contributed by atoms with Gasteiger partial charge in [0.25, 0.3) is 0 Å². The van der Waals surface area contributed by atoms with Crippen LogP contribution in [0, 0.1) is 5.82 Å². The summed E-state index contributed by atoms with van der Waals surface area (Å²) >= 11 is 0. The summed E-state index contributed by atoms with van der Waals surface area (Å²) in [5.74, 6) is 1.35. The molecule has 0 unspecified atom stereocenters. The zero-order chi connectivity index (χ0) is 16.8. The summed E-state index contributed by atoms with van der Waals surface area (Å²) in [6, 6.07) is 14.3. The van der Waals surface area contributed by atoms with E-state index in [0.717, 1.165) is 30.2 Å². The van der Waals surface area contributed by atoms with Crippen LogP contribution in [0.4, 0.5) is 4.39 Å². The summed E-state index contributed by atoms with van der Waals surface area (Å²) in [4.78, 5) is 2.23. The van der Waals surface area contributed by atoms with Crippen LogP contribution in [0.5, 0.6) is 11.5 Å². The van der Waals surface area contributed by atoms with E-state index in [-0.39, 0.29) is 11.9 Å². The molecule has 0 aromatic heterocycles. The smallest absolute Gasteiger partial charge is 0.161 e. The number of benzene rings is 2. The molecule has 1 atom stereocenters. The molecule has 2 aromatic rings. The molecule has 0 amide bonds. The molecule has 3 rings (SSSR count). The van der Waals surface area contributed by atoms with Gasteiger partial charge in [-0.25, -0.2) is 4.39 Å². The number of methoxy groups -OCH3 is 1. The Morgan fingerprint density at radius 3 is 2.62 bits per heavy atom. The van der Waals surface area contributed by atoms with Crippen molar-refractivity contribution in [1.82, 2.24) is 4.90 Å². The molecule has 0 saturated carbocycles. The van der Waals surface area contributed by atoms with E-state index in [0.29, 0.717) is 19.8 Å². The standard InChI is InChI=1S/C19H22FNO3/c1-22-11-10-21(12-15-6-8-16(20)9-7-15)13-17-14-23-18-4-2-3-5-19(18)24-17/h2-9,17H,10-14H2,1H3/t17-/m1/s1. The summed E-state index contributed by atoms with van der Waals surface area (Å²) in [5.41, 5.74) is 1.06. The number of ether oxygens (including phenoxy) is 3. The van der Waals surface area contributed by atoms with Gasteiger partial charge < -0.3 is 14.2 Å². The van der Waals surface area contributed by atoms with Gasteiger partial charge in [-0.3, -0.25) is 4.90 Å². The highest BCUT2D eigenvalue weighted by Gasteiger charge is 2.23. The lowest BCUT2D eigenvalue weighted by Crippen LogP contribution is -2.41. The molecule has 24 heavy (non-hydrogen) atoms. The minimum absolute atomic E-state index is 0.0443. The third-order valence-electron chi connectivity index (χ3n) is 3.96. The van der Waals surface area contributed by atoms with Gasteiger partial charge in [0.05, 0.1) is 6.61 Å². The minimum Gasteiger partial charge on any atom is -0.486 e. The molecule has 1 aliphatic heterocycles. The largest absolute Gasteiger partial charge is 0.486 e. The van der Waals surface area contributed by atoms with E-state index >= 15 is 0 Å². The Morgan fingerprint density at radius 2 is 1.88 bits per heavy atom. The molecule has 0 aliphatic carbocycles. The van der Waals surface area contributed by atoms with Crippen molar-refractivity contribution in [1.29, 1.82) is 0 Å². The van der Waals surface area contributed by atoms with Crippen LogP contribution in [-0.2, 0) is 11.3 Å². The van der Waals surface area contributed by atoms with Gasteiger partial charge in [-0.15, -0.1) is 0 Å². The van der Waals surface area contributed by atoms with E-state index in [1.165, 1.54) is 12.1 Å². The zero-order valence-electron chi connectivity index (χ0n) is 13.8. The molecule has 0 radical (unpaired) electrons. The van der Waals surface area contributed by atoms with Crippen LogP contribution in [-0.4, -0.2) is 44.4 Å². The maximum absolute atomic E-state index is 13.1. The van der Waals surface area contributed by atoms with Crippen LogP contribution in [0.3, 0.4) is 0 Å². The number of fused-ring (bicyclic) bond motifs is 1. The van der Waals surface area contributed by atoms with Crippen LogP contribution < -0.4 is 9.47 Å². The van der Waals surface area contributed by atoms with Crippen molar-refractivity contribution in [2.75, 3.05) is 33.4 Å². The summed E-state index contributed by atoms with van der Waals surface area (Å²) in [6.45, 7) is 3.35. The van der Waals surface area contributed by atoms with E-state index < -0.39 is 0 Å². The van der Waals surface area contributed by atoms with Crippen molar-refractivity contribution in [2.24, 2.45) is 0 Å². The molecule has 0 spiro atoms. The van der Waals surface area contributed by atoms with Crippen LogP contribution in [0.25, 0.3) is 0 Å². The first-order valence-corrected chi connectivity index (χ1v) is 8.09. The Balaban J connectivity index is 1.62. The van der Waals surface area contributed by atoms with E-state index in [1.807, 2.05) is 36.4 Å². The summed E-state index contributed by atoms with van der Waals surface area (Å²) in [6.07, 6.45) is -0.0443. The fraction of sp³-hybridized carbons (Fsp3) is 0.368. The predicted octanol–water partition coefficient (Wildman–Crippen LogP) is 3.11. The first kappa shape index (κ1) is 16.7. The number of hydrogen-bond acceptors (Lipinski definition) is 4. The molecule has 0 fully saturated rings. The van der Waals surface area contributed by atoms with Gasteiger partial charge in [-0.2, -0.15) is 0 Å². The first-order chi connectivity index (χ1) is 11.7. The fourth-order valence-corrected chi connectivity index (χ4v) is 2.74. The van der Waals surface area contributed by atoms with Gasteiger partial charge in [-0.05, 0) is 29.8 Å². The second kappa shape index (κ2) is 8.13. The summed E-state index contributed by atoms with van der Waals surface area (Å²) in [5, 5.41) is 0. The molecule has 1 heterocycles. The number of nitrogens with zero attached hydrogens (tertiary/aromatic N) is 1. The van der Waals surface area contributed by atoms with Crippen molar-refractivity contribution >= 4 is 0 Å². The molecule has 2 aromatic carbocycles. The number of para-hydroxylation sites is 2. The van der Waals surface area contributed by atoms with Gasteiger partial charge in [0.1, 0.15) is 18.5 Å². The first-order valence-electron chi connectivity index (χ1n) is 8.09. The molecule has 0 N–H and O–H groups in total. The van der Waals surface area contributed by atoms with Crippen LogP contribution in [0.1, 0.15) is 5.56 Å². The average Bonchev–Trinajstić information content (AvgIpc) is 2.61. The lowest BCUT2D eigenvalue weighted by Gasteiger charge is -2.31. The van der Waals surface area contributed by atoms with Gasteiger partial charge in [0.15, 0.2) is 11.5 Å². The number of hydrogen-bond donors (Lipinski definition) is 0. The number of halogens is 1. The van der Waals surface area contributed by atoms with E-state index in [1.54, 1.807) is 7.11 Å². The zero-order valence-corrected chi connectivity index (χ0v) is 13.8. The van der Waals surface area contributed by atoms with Crippen LogP contribution >= 0.6 is 0 Å². The molecule has 4 nitrogen and oxygen atoms in total.